The summed E-state index contributed by atoms with van der Waals surface area (Å²) in [6.45, 7) is 17.0. The van der Waals surface area contributed by atoms with Crippen molar-refractivity contribution in [3.05, 3.63) is 84.1 Å². The number of methoxy groups -OCH3 is 2. The van der Waals surface area contributed by atoms with Gasteiger partial charge in [0.15, 0.2) is 18.1 Å². The minimum Gasteiger partial charge on any atom is -0.494 e. The van der Waals surface area contributed by atoms with Gasteiger partial charge in [-0.15, -0.1) is 0 Å². The fourth-order valence-electron chi connectivity index (χ4n) is 1.87. The number of hydrogen-bond donors (Lipinski definition) is 2. The van der Waals surface area contributed by atoms with Gasteiger partial charge in [-0.05, 0) is 42.7 Å². The Labute approximate surface area is 189 Å². The van der Waals surface area contributed by atoms with Crippen molar-refractivity contribution in [1.29, 1.82) is 0 Å². The van der Waals surface area contributed by atoms with E-state index in [1.54, 1.807) is 25.2 Å². The van der Waals surface area contributed by atoms with Crippen molar-refractivity contribution in [3.8, 4) is 0 Å². The molecule has 0 saturated heterocycles. The van der Waals surface area contributed by atoms with Crippen LogP contribution in [0.2, 0.25) is 0 Å². The number of ether oxygens (including phenoxy) is 3. The quantitative estimate of drug-likeness (QED) is 0.226. The third-order valence-corrected chi connectivity index (χ3v) is 4.11. The van der Waals surface area contributed by atoms with Crippen LogP contribution >= 0.6 is 11.6 Å². The van der Waals surface area contributed by atoms with Crippen LogP contribution in [0, 0.1) is 0 Å². The standard InChI is InChI=1S/C23H31ClN2O5/c1-16(2)20(24)9-8-12-31-15-22(27)25-11-10-18(4)23(28)26-14-17(3)13-21(30-7)19(5)29-6/h8-9,12-13H,1,3-5,10-11,14-15H2,2,6-7H3,(H,25,27)(H,26,28)/b12-8+,20-9+,21-13+. The summed E-state index contributed by atoms with van der Waals surface area (Å²) in [5.74, 6) is 0.0996. The lowest BCUT2D eigenvalue weighted by molar-refractivity contribution is -0.124. The predicted octanol–water partition coefficient (Wildman–Crippen LogP) is 3.64. The Morgan fingerprint density at radius 2 is 1.74 bits per heavy atom. The highest BCUT2D eigenvalue weighted by Crippen LogP contribution is 2.12. The number of amides is 2. The maximum absolute atomic E-state index is 12.1. The van der Waals surface area contributed by atoms with Crippen LogP contribution in [0.5, 0.6) is 0 Å². The van der Waals surface area contributed by atoms with Gasteiger partial charge in [-0.1, -0.05) is 37.9 Å². The zero-order chi connectivity index (χ0) is 23.8. The van der Waals surface area contributed by atoms with E-state index in [0.717, 1.165) is 5.57 Å². The molecule has 170 valence electrons. The topological polar surface area (TPSA) is 85.9 Å². The van der Waals surface area contributed by atoms with E-state index in [1.165, 1.54) is 20.5 Å². The van der Waals surface area contributed by atoms with E-state index in [4.69, 9.17) is 25.8 Å². The second kappa shape index (κ2) is 15.6. The molecule has 0 aromatic heterocycles. The fraction of sp³-hybridized carbons (Fsp3) is 0.304. The van der Waals surface area contributed by atoms with Gasteiger partial charge in [-0.2, -0.15) is 0 Å². The van der Waals surface area contributed by atoms with Crippen LogP contribution in [0.25, 0.3) is 0 Å². The first-order chi connectivity index (χ1) is 14.6. The summed E-state index contributed by atoms with van der Waals surface area (Å²) in [6.07, 6.45) is 6.44. The van der Waals surface area contributed by atoms with Gasteiger partial charge in [0.2, 0.25) is 5.91 Å². The Morgan fingerprint density at radius 3 is 2.32 bits per heavy atom. The maximum Gasteiger partial charge on any atom is 0.257 e. The molecule has 2 amide bonds. The summed E-state index contributed by atoms with van der Waals surface area (Å²) in [7, 11) is 2.96. The molecule has 0 aliphatic carbocycles. The summed E-state index contributed by atoms with van der Waals surface area (Å²) in [5, 5.41) is 5.84. The summed E-state index contributed by atoms with van der Waals surface area (Å²) in [4.78, 5) is 23.8. The van der Waals surface area contributed by atoms with Crippen molar-refractivity contribution in [2.24, 2.45) is 0 Å². The zero-order valence-electron chi connectivity index (χ0n) is 18.4. The fourth-order valence-corrected chi connectivity index (χ4v) is 1.94. The lowest BCUT2D eigenvalue weighted by atomic mass is 10.2. The number of nitrogens with one attached hydrogen (secondary N) is 2. The molecular weight excluding hydrogens is 420 g/mol. The number of carbonyl (C=O) groups excluding carboxylic acids is 2. The maximum atomic E-state index is 12.1. The first-order valence-corrected chi connectivity index (χ1v) is 9.69. The van der Waals surface area contributed by atoms with Crippen molar-refractivity contribution < 1.29 is 23.8 Å². The van der Waals surface area contributed by atoms with Gasteiger partial charge < -0.3 is 24.8 Å². The van der Waals surface area contributed by atoms with E-state index in [-0.39, 0.29) is 37.9 Å². The summed E-state index contributed by atoms with van der Waals surface area (Å²) in [6, 6.07) is 0. The number of allylic oxidation sites excluding steroid dienone is 4. The Hall–Kier alpha value is -3.19. The molecule has 0 saturated carbocycles. The summed E-state index contributed by atoms with van der Waals surface area (Å²) < 4.78 is 15.2. The lowest BCUT2D eigenvalue weighted by Crippen LogP contribution is -2.31. The molecular formula is C23H31ClN2O5. The monoisotopic (exact) mass is 450 g/mol. The number of hydrogen-bond acceptors (Lipinski definition) is 5. The molecule has 31 heavy (non-hydrogen) atoms. The summed E-state index contributed by atoms with van der Waals surface area (Å²) in [5.41, 5.74) is 1.64. The molecule has 0 aromatic carbocycles. The van der Waals surface area contributed by atoms with Crippen LogP contribution in [0.4, 0.5) is 0 Å². The smallest absolute Gasteiger partial charge is 0.257 e. The van der Waals surface area contributed by atoms with Gasteiger partial charge in [0, 0.05) is 23.7 Å². The average molecular weight is 451 g/mol. The number of rotatable bonds is 15. The van der Waals surface area contributed by atoms with Crippen molar-refractivity contribution >= 4 is 23.4 Å². The van der Waals surface area contributed by atoms with E-state index in [0.29, 0.717) is 27.7 Å². The lowest BCUT2D eigenvalue weighted by Gasteiger charge is -2.11. The number of carbonyl (C=O) groups is 2. The molecule has 8 heteroatoms. The van der Waals surface area contributed by atoms with E-state index in [2.05, 4.69) is 36.9 Å². The first kappa shape index (κ1) is 27.8. The predicted molar refractivity (Wildman–Crippen MR) is 124 cm³/mol. The van der Waals surface area contributed by atoms with Gasteiger partial charge >= 0.3 is 0 Å². The van der Waals surface area contributed by atoms with Crippen molar-refractivity contribution in [3.63, 3.8) is 0 Å². The molecule has 0 spiro atoms. The summed E-state index contributed by atoms with van der Waals surface area (Å²) >= 11 is 5.88. The Bertz CT molecular complexity index is 794. The Morgan fingerprint density at radius 1 is 1.06 bits per heavy atom. The minimum absolute atomic E-state index is 0.158. The minimum atomic E-state index is -0.339. The molecule has 0 bridgehead atoms. The first-order valence-electron chi connectivity index (χ1n) is 9.31. The highest BCUT2D eigenvalue weighted by molar-refractivity contribution is 6.31. The van der Waals surface area contributed by atoms with Gasteiger partial charge in [0.1, 0.15) is 0 Å². The highest BCUT2D eigenvalue weighted by atomic mass is 35.5. The normalized spacial score (nSPS) is 11.5. The van der Waals surface area contributed by atoms with Gasteiger partial charge in [-0.25, -0.2) is 0 Å². The van der Waals surface area contributed by atoms with Gasteiger partial charge in [0.25, 0.3) is 5.91 Å². The van der Waals surface area contributed by atoms with E-state index in [1.807, 2.05) is 0 Å². The van der Waals surface area contributed by atoms with Crippen LogP contribution in [0.3, 0.4) is 0 Å². The number of halogens is 1. The van der Waals surface area contributed by atoms with Crippen molar-refractivity contribution in [2.45, 2.75) is 13.3 Å². The Kier molecular flexibility index (Phi) is 14.0. The third-order valence-electron chi connectivity index (χ3n) is 3.66. The van der Waals surface area contributed by atoms with Crippen LogP contribution in [0.1, 0.15) is 13.3 Å². The van der Waals surface area contributed by atoms with Crippen molar-refractivity contribution in [2.75, 3.05) is 33.9 Å². The molecule has 0 aliphatic rings. The third kappa shape index (κ3) is 12.9. The Balaban J connectivity index is 4.21. The van der Waals surface area contributed by atoms with Crippen LogP contribution in [0.15, 0.2) is 84.1 Å². The van der Waals surface area contributed by atoms with Gasteiger partial charge in [0.05, 0.1) is 20.5 Å². The van der Waals surface area contributed by atoms with Crippen LogP contribution in [-0.4, -0.2) is 45.7 Å². The molecule has 7 nitrogen and oxygen atoms in total. The molecule has 0 radical (unpaired) electrons. The van der Waals surface area contributed by atoms with E-state index < -0.39 is 0 Å². The molecule has 0 heterocycles. The second-order valence-corrected chi connectivity index (χ2v) is 6.73. The second-order valence-electron chi connectivity index (χ2n) is 6.32. The molecule has 0 unspecified atom stereocenters. The molecule has 2 N–H and O–H groups in total. The highest BCUT2D eigenvalue weighted by Gasteiger charge is 2.09. The van der Waals surface area contributed by atoms with E-state index in [9.17, 15) is 9.59 Å². The molecule has 0 fully saturated rings. The molecule has 0 aliphatic heterocycles. The van der Waals surface area contributed by atoms with Crippen LogP contribution in [-0.2, 0) is 23.8 Å². The molecule has 0 aromatic rings. The van der Waals surface area contributed by atoms with E-state index >= 15 is 0 Å². The largest absolute Gasteiger partial charge is 0.494 e. The molecule has 0 atom stereocenters. The van der Waals surface area contributed by atoms with Crippen molar-refractivity contribution in [1.82, 2.24) is 10.6 Å². The average Bonchev–Trinajstić information content (AvgIpc) is 2.74. The van der Waals surface area contributed by atoms with Gasteiger partial charge in [-0.3, -0.25) is 9.59 Å². The zero-order valence-corrected chi connectivity index (χ0v) is 19.1. The van der Waals surface area contributed by atoms with Crippen LogP contribution < -0.4 is 10.6 Å². The SMILES string of the molecule is C=C(/C=C(/OC)C(=C)OC)CNC(=O)C(=C)CCNC(=O)CO/C=C/C=C(/Cl)C(=C)C. The molecule has 0 rings (SSSR count).